The zero-order chi connectivity index (χ0) is 18.1. The van der Waals surface area contributed by atoms with Crippen molar-refractivity contribution < 1.29 is 23.1 Å². The van der Waals surface area contributed by atoms with Gasteiger partial charge in [0, 0.05) is 26.1 Å². The largest absolute Gasteiger partial charge is 0.481 e. The summed E-state index contributed by atoms with van der Waals surface area (Å²) in [5.74, 6) is -1.02. The second-order valence-electron chi connectivity index (χ2n) is 6.79. The van der Waals surface area contributed by atoms with Gasteiger partial charge in [-0.1, -0.05) is 24.6 Å². The van der Waals surface area contributed by atoms with E-state index >= 15 is 0 Å². The fourth-order valence-corrected chi connectivity index (χ4v) is 5.02. The number of fused-ring (bicyclic) bond motifs is 1. The van der Waals surface area contributed by atoms with E-state index in [-0.39, 0.29) is 36.2 Å². The number of nitrogens with zero attached hydrogens (tertiary/aromatic N) is 1. The number of aliphatic carboxylic acids is 1. The fraction of sp³-hybridized carbons (Fsp3) is 0.529. The second-order valence-corrected chi connectivity index (χ2v) is 8.55. The zero-order valence-electron chi connectivity index (χ0n) is 13.8. The van der Waals surface area contributed by atoms with Gasteiger partial charge in [0.15, 0.2) is 0 Å². The molecule has 0 bridgehead atoms. The van der Waals surface area contributed by atoms with Crippen LogP contribution < -0.4 is 4.72 Å². The Morgan fingerprint density at radius 3 is 2.64 bits per heavy atom. The Morgan fingerprint density at radius 2 is 2.00 bits per heavy atom. The third kappa shape index (κ3) is 3.41. The van der Waals surface area contributed by atoms with Gasteiger partial charge in [0.2, 0.25) is 15.9 Å². The summed E-state index contributed by atoms with van der Waals surface area (Å²) in [6, 6.07) is 7.97. The van der Waals surface area contributed by atoms with E-state index in [1.807, 2.05) is 0 Å². The first-order chi connectivity index (χ1) is 11.8. The number of carbonyl (C=O) groups excluding carboxylic acids is 1. The molecule has 8 heteroatoms. The smallest absolute Gasteiger partial charge is 0.311 e. The Morgan fingerprint density at radius 1 is 1.28 bits per heavy atom. The lowest BCUT2D eigenvalue weighted by molar-refractivity contribution is -0.149. The van der Waals surface area contributed by atoms with E-state index in [9.17, 15) is 23.1 Å². The van der Waals surface area contributed by atoms with Gasteiger partial charge in [-0.05, 0) is 30.9 Å². The van der Waals surface area contributed by atoms with Crippen LogP contribution in [0.2, 0.25) is 0 Å². The van der Waals surface area contributed by atoms with Crippen molar-refractivity contribution >= 4 is 21.9 Å². The number of benzene rings is 1. The molecule has 2 aliphatic rings. The topological polar surface area (TPSA) is 104 Å². The monoisotopic (exact) mass is 366 g/mol. The molecule has 136 valence electrons. The summed E-state index contributed by atoms with van der Waals surface area (Å²) in [4.78, 5) is 25.7. The molecule has 7 nitrogen and oxygen atoms in total. The van der Waals surface area contributed by atoms with Crippen LogP contribution in [0.25, 0.3) is 0 Å². The van der Waals surface area contributed by atoms with E-state index in [1.165, 1.54) is 12.1 Å². The summed E-state index contributed by atoms with van der Waals surface area (Å²) >= 11 is 0. The number of carboxylic acid groups (broad SMARTS) is 1. The number of nitrogens with one attached hydrogen (secondary N) is 1. The van der Waals surface area contributed by atoms with Crippen molar-refractivity contribution in [3.05, 3.63) is 30.3 Å². The molecule has 1 heterocycles. The third-order valence-corrected chi connectivity index (χ3v) is 6.81. The number of likely N-dealkylation sites (tertiary alicyclic amines) is 1. The summed E-state index contributed by atoms with van der Waals surface area (Å²) in [6.07, 6.45) is 2.35. The molecular weight excluding hydrogens is 344 g/mol. The standard InChI is InChI=1S/C17H22N2O5S/c20-15(8-10-18-25(23,24)14-6-2-1-3-7-14)19-11-13-5-4-9-17(13,12-19)16(21)22/h1-3,6-7,13,18H,4-5,8-12H2,(H,21,22)/t13-,17+/m0/s1. The summed E-state index contributed by atoms with van der Waals surface area (Å²) in [5, 5.41) is 9.55. The van der Waals surface area contributed by atoms with Crippen molar-refractivity contribution in [3.8, 4) is 0 Å². The normalized spacial score (nSPS) is 25.8. The van der Waals surface area contributed by atoms with Gasteiger partial charge >= 0.3 is 5.97 Å². The van der Waals surface area contributed by atoms with Crippen LogP contribution in [-0.4, -0.2) is 49.9 Å². The van der Waals surface area contributed by atoms with E-state index in [4.69, 9.17) is 0 Å². The van der Waals surface area contributed by atoms with Crippen molar-refractivity contribution in [1.82, 2.24) is 9.62 Å². The Hall–Kier alpha value is -1.93. The highest BCUT2D eigenvalue weighted by molar-refractivity contribution is 7.89. The van der Waals surface area contributed by atoms with E-state index in [1.54, 1.807) is 23.1 Å². The van der Waals surface area contributed by atoms with Crippen LogP contribution in [0.1, 0.15) is 25.7 Å². The molecule has 1 aliphatic heterocycles. The zero-order valence-corrected chi connectivity index (χ0v) is 14.7. The van der Waals surface area contributed by atoms with Gasteiger partial charge in [0.1, 0.15) is 0 Å². The van der Waals surface area contributed by atoms with Crippen LogP contribution in [-0.2, 0) is 19.6 Å². The maximum absolute atomic E-state index is 12.4. The van der Waals surface area contributed by atoms with Crippen LogP contribution in [0.5, 0.6) is 0 Å². The molecular formula is C17H22N2O5S. The molecule has 1 aromatic rings. The van der Waals surface area contributed by atoms with Gasteiger partial charge in [-0.25, -0.2) is 13.1 Å². The summed E-state index contributed by atoms with van der Waals surface area (Å²) in [5.41, 5.74) is -0.806. The summed E-state index contributed by atoms with van der Waals surface area (Å²) in [6.45, 7) is 0.686. The molecule has 0 aromatic heterocycles. The second kappa shape index (κ2) is 6.76. The van der Waals surface area contributed by atoms with E-state index in [0.29, 0.717) is 13.0 Å². The van der Waals surface area contributed by atoms with Gasteiger partial charge in [0.05, 0.1) is 10.3 Å². The molecule has 2 fully saturated rings. The fourth-order valence-electron chi connectivity index (χ4n) is 3.96. The minimum absolute atomic E-state index is 0.00268. The quantitative estimate of drug-likeness (QED) is 0.784. The minimum Gasteiger partial charge on any atom is -0.481 e. The SMILES string of the molecule is O=C(CCNS(=O)(=O)c1ccccc1)N1C[C@@H]2CCC[C@@]2(C(=O)O)C1. The first kappa shape index (κ1) is 17.9. The average molecular weight is 366 g/mol. The molecule has 1 aliphatic carbocycles. The Balaban J connectivity index is 1.55. The van der Waals surface area contributed by atoms with Crippen molar-refractivity contribution in [2.24, 2.45) is 11.3 Å². The number of amides is 1. The first-order valence-corrected chi connectivity index (χ1v) is 9.89. The molecule has 1 saturated heterocycles. The highest BCUT2D eigenvalue weighted by Gasteiger charge is 2.55. The van der Waals surface area contributed by atoms with Crippen LogP contribution in [0.15, 0.2) is 35.2 Å². The number of rotatable bonds is 6. The number of sulfonamides is 1. The Bertz CT molecular complexity index is 765. The van der Waals surface area contributed by atoms with E-state index in [2.05, 4.69) is 4.72 Å². The number of hydrogen-bond donors (Lipinski definition) is 2. The molecule has 25 heavy (non-hydrogen) atoms. The van der Waals surface area contributed by atoms with Crippen molar-refractivity contribution in [1.29, 1.82) is 0 Å². The van der Waals surface area contributed by atoms with Gasteiger partial charge in [-0.2, -0.15) is 0 Å². The van der Waals surface area contributed by atoms with Crippen molar-refractivity contribution in [3.63, 3.8) is 0 Å². The molecule has 0 radical (unpaired) electrons. The Kier molecular flexibility index (Phi) is 4.83. The molecule has 2 N–H and O–H groups in total. The molecule has 2 atom stereocenters. The van der Waals surface area contributed by atoms with E-state index in [0.717, 1.165) is 12.8 Å². The summed E-state index contributed by atoms with van der Waals surface area (Å²) in [7, 11) is -3.63. The van der Waals surface area contributed by atoms with Gasteiger partial charge in [-0.15, -0.1) is 0 Å². The van der Waals surface area contributed by atoms with E-state index < -0.39 is 21.4 Å². The average Bonchev–Trinajstić information content (AvgIpc) is 3.13. The van der Waals surface area contributed by atoms with Crippen LogP contribution in [0.3, 0.4) is 0 Å². The molecule has 1 saturated carbocycles. The summed E-state index contributed by atoms with van der Waals surface area (Å²) < 4.78 is 26.7. The maximum atomic E-state index is 12.4. The third-order valence-electron chi connectivity index (χ3n) is 5.33. The number of hydrogen-bond acceptors (Lipinski definition) is 4. The highest BCUT2D eigenvalue weighted by Crippen LogP contribution is 2.48. The van der Waals surface area contributed by atoms with Gasteiger partial charge in [0.25, 0.3) is 0 Å². The number of carbonyl (C=O) groups is 2. The highest BCUT2D eigenvalue weighted by atomic mass is 32.2. The molecule has 1 amide bonds. The van der Waals surface area contributed by atoms with Gasteiger partial charge < -0.3 is 10.0 Å². The van der Waals surface area contributed by atoms with Crippen LogP contribution in [0.4, 0.5) is 0 Å². The van der Waals surface area contributed by atoms with Crippen LogP contribution >= 0.6 is 0 Å². The minimum atomic E-state index is -3.63. The van der Waals surface area contributed by atoms with Crippen molar-refractivity contribution in [2.75, 3.05) is 19.6 Å². The Labute approximate surface area is 147 Å². The lowest BCUT2D eigenvalue weighted by Gasteiger charge is -2.23. The molecule has 0 spiro atoms. The predicted molar refractivity (Wildman–Crippen MR) is 90.2 cm³/mol. The molecule has 0 unspecified atom stereocenters. The molecule has 1 aromatic carbocycles. The number of carboxylic acids is 1. The predicted octanol–water partition coefficient (Wildman–Crippen LogP) is 1.07. The lowest BCUT2D eigenvalue weighted by atomic mass is 9.81. The van der Waals surface area contributed by atoms with Crippen LogP contribution in [0, 0.1) is 11.3 Å². The maximum Gasteiger partial charge on any atom is 0.311 e. The lowest BCUT2D eigenvalue weighted by Crippen LogP contribution is -2.38. The van der Waals surface area contributed by atoms with Crippen molar-refractivity contribution in [2.45, 2.75) is 30.6 Å². The first-order valence-electron chi connectivity index (χ1n) is 8.41. The van der Waals surface area contributed by atoms with Gasteiger partial charge in [-0.3, -0.25) is 9.59 Å². The molecule has 3 rings (SSSR count).